The fourth-order valence-electron chi connectivity index (χ4n) is 2.44. The van der Waals surface area contributed by atoms with Gasteiger partial charge in [-0.05, 0) is 44.5 Å². The second-order valence-electron chi connectivity index (χ2n) is 5.96. The molecular formula is C17H24FN3O3. The first kappa shape index (κ1) is 18.2. The predicted octanol–water partition coefficient (Wildman–Crippen LogP) is 2.00. The lowest BCUT2D eigenvalue weighted by molar-refractivity contribution is -0.121. The summed E-state index contributed by atoms with van der Waals surface area (Å²) in [6.07, 6.45) is 0.917. The van der Waals surface area contributed by atoms with Gasteiger partial charge in [0.2, 0.25) is 5.91 Å². The first-order valence-corrected chi connectivity index (χ1v) is 8.17. The van der Waals surface area contributed by atoms with Crippen LogP contribution in [0.2, 0.25) is 0 Å². The molecule has 3 amide bonds. The molecule has 24 heavy (non-hydrogen) atoms. The molecule has 1 aliphatic heterocycles. The van der Waals surface area contributed by atoms with Gasteiger partial charge in [-0.1, -0.05) is 0 Å². The summed E-state index contributed by atoms with van der Waals surface area (Å²) in [6.45, 7) is 6.03. The van der Waals surface area contributed by atoms with Gasteiger partial charge < -0.3 is 15.0 Å². The Morgan fingerprint density at radius 2 is 2.00 bits per heavy atom. The van der Waals surface area contributed by atoms with Crippen molar-refractivity contribution in [2.75, 3.05) is 37.7 Å². The Balaban J connectivity index is 1.74. The van der Waals surface area contributed by atoms with Crippen molar-refractivity contribution in [3.63, 3.8) is 0 Å². The molecular weight excluding hydrogens is 313 g/mol. The lowest BCUT2D eigenvalue weighted by Gasteiger charge is -2.18. The maximum atomic E-state index is 13.0. The third-order valence-electron chi connectivity index (χ3n) is 3.66. The lowest BCUT2D eigenvalue weighted by atomic mass is 10.3. The normalized spacial score (nSPS) is 14.6. The van der Waals surface area contributed by atoms with Crippen molar-refractivity contribution < 1.29 is 18.7 Å². The first-order chi connectivity index (χ1) is 11.5. The molecule has 0 aromatic heterocycles. The van der Waals surface area contributed by atoms with Gasteiger partial charge in [0.15, 0.2) is 0 Å². The molecule has 1 aromatic carbocycles. The van der Waals surface area contributed by atoms with Gasteiger partial charge in [0.1, 0.15) is 12.4 Å². The molecule has 1 aromatic rings. The number of ether oxygens (including phenoxy) is 1. The predicted molar refractivity (Wildman–Crippen MR) is 89.4 cm³/mol. The maximum absolute atomic E-state index is 13.0. The number of hydrogen-bond acceptors (Lipinski definition) is 3. The smallest absolute Gasteiger partial charge is 0.325 e. The number of rotatable bonds is 8. The van der Waals surface area contributed by atoms with Crippen LogP contribution in [0.3, 0.4) is 0 Å². The number of amides is 3. The van der Waals surface area contributed by atoms with E-state index in [1.54, 1.807) is 17.0 Å². The van der Waals surface area contributed by atoms with Crippen LogP contribution in [0.25, 0.3) is 0 Å². The SMILES string of the molecule is CC(C)OCCCNC(=O)CN1CCN(c2ccc(F)cc2)C1=O. The van der Waals surface area contributed by atoms with Crippen LogP contribution in [0.5, 0.6) is 0 Å². The van der Waals surface area contributed by atoms with E-state index in [1.165, 1.54) is 17.0 Å². The molecule has 0 radical (unpaired) electrons. The van der Waals surface area contributed by atoms with E-state index in [0.29, 0.717) is 31.9 Å². The van der Waals surface area contributed by atoms with Crippen molar-refractivity contribution in [2.24, 2.45) is 0 Å². The minimum atomic E-state index is -0.344. The number of hydrogen-bond donors (Lipinski definition) is 1. The third-order valence-corrected chi connectivity index (χ3v) is 3.66. The van der Waals surface area contributed by atoms with Crippen LogP contribution in [-0.4, -0.2) is 55.7 Å². The first-order valence-electron chi connectivity index (χ1n) is 8.17. The maximum Gasteiger partial charge on any atom is 0.325 e. The number of carbonyl (C=O) groups is 2. The Morgan fingerprint density at radius 3 is 2.67 bits per heavy atom. The summed E-state index contributed by atoms with van der Waals surface area (Å²) in [5.74, 6) is -0.531. The number of nitrogens with one attached hydrogen (secondary N) is 1. The Bertz CT molecular complexity index is 563. The van der Waals surface area contributed by atoms with Crippen LogP contribution < -0.4 is 10.2 Å². The van der Waals surface area contributed by atoms with Crippen molar-refractivity contribution in [3.8, 4) is 0 Å². The minimum Gasteiger partial charge on any atom is -0.379 e. The standard InChI is InChI=1S/C17H24FN3O3/c1-13(2)24-11-3-8-19-16(22)12-20-9-10-21(17(20)23)15-6-4-14(18)5-7-15/h4-7,13H,3,8-12H2,1-2H3,(H,19,22). The van der Waals surface area contributed by atoms with Crippen LogP contribution in [0.15, 0.2) is 24.3 Å². The van der Waals surface area contributed by atoms with Gasteiger partial charge >= 0.3 is 6.03 Å². The Labute approximate surface area is 141 Å². The van der Waals surface area contributed by atoms with Gasteiger partial charge in [-0.15, -0.1) is 0 Å². The molecule has 0 unspecified atom stereocenters. The van der Waals surface area contributed by atoms with Crippen molar-refractivity contribution in [1.29, 1.82) is 0 Å². The summed E-state index contributed by atoms with van der Waals surface area (Å²) < 4.78 is 18.4. The van der Waals surface area contributed by atoms with E-state index < -0.39 is 0 Å². The molecule has 0 saturated carbocycles. The second kappa shape index (κ2) is 8.63. The minimum absolute atomic E-state index is 0.0293. The number of nitrogens with zero attached hydrogens (tertiary/aromatic N) is 2. The largest absolute Gasteiger partial charge is 0.379 e. The van der Waals surface area contributed by atoms with E-state index in [4.69, 9.17) is 4.74 Å². The van der Waals surface area contributed by atoms with E-state index in [0.717, 1.165) is 6.42 Å². The topological polar surface area (TPSA) is 61.9 Å². The van der Waals surface area contributed by atoms with Crippen molar-refractivity contribution >= 4 is 17.6 Å². The molecule has 0 spiro atoms. The van der Waals surface area contributed by atoms with Crippen LogP contribution in [0.4, 0.5) is 14.9 Å². The number of anilines is 1. The van der Waals surface area contributed by atoms with E-state index in [-0.39, 0.29) is 30.4 Å². The average molecular weight is 337 g/mol. The van der Waals surface area contributed by atoms with Crippen LogP contribution in [0.1, 0.15) is 20.3 Å². The summed E-state index contributed by atoms with van der Waals surface area (Å²) >= 11 is 0. The highest BCUT2D eigenvalue weighted by Gasteiger charge is 2.30. The fourth-order valence-corrected chi connectivity index (χ4v) is 2.44. The fraction of sp³-hybridized carbons (Fsp3) is 0.529. The van der Waals surface area contributed by atoms with Crippen LogP contribution in [-0.2, 0) is 9.53 Å². The van der Waals surface area contributed by atoms with Gasteiger partial charge in [0.25, 0.3) is 0 Å². The molecule has 1 saturated heterocycles. The molecule has 0 aliphatic carbocycles. The number of benzene rings is 1. The van der Waals surface area contributed by atoms with Gasteiger partial charge in [-0.3, -0.25) is 9.69 Å². The second-order valence-corrected chi connectivity index (χ2v) is 5.96. The number of halogens is 1. The quantitative estimate of drug-likeness (QED) is 0.738. The summed E-state index contributed by atoms with van der Waals surface area (Å²) in [6, 6.07) is 5.52. The molecule has 1 fully saturated rings. The molecule has 0 atom stereocenters. The van der Waals surface area contributed by atoms with E-state index in [9.17, 15) is 14.0 Å². The Hall–Kier alpha value is -2.15. The summed E-state index contributed by atoms with van der Waals surface area (Å²) in [7, 11) is 0. The summed E-state index contributed by atoms with van der Waals surface area (Å²) in [5, 5.41) is 2.78. The van der Waals surface area contributed by atoms with Crippen molar-refractivity contribution in [2.45, 2.75) is 26.4 Å². The number of carbonyl (C=O) groups excluding carboxylic acids is 2. The highest BCUT2D eigenvalue weighted by Crippen LogP contribution is 2.20. The van der Waals surface area contributed by atoms with E-state index in [2.05, 4.69) is 5.32 Å². The van der Waals surface area contributed by atoms with E-state index >= 15 is 0 Å². The molecule has 7 heteroatoms. The van der Waals surface area contributed by atoms with E-state index in [1.807, 2.05) is 13.8 Å². The molecule has 2 rings (SSSR count). The van der Waals surface area contributed by atoms with Gasteiger partial charge in [0.05, 0.1) is 6.10 Å². The summed E-state index contributed by atoms with van der Waals surface area (Å²) in [5.41, 5.74) is 0.634. The van der Waals surface area contributed by atoms with Gasteiger partial charge in [0, 0.05) is 31.9 Å². The Kier molecular flexibility index (Phi) is 6.54. The molecule has 1 heterocycles. The highest BCUT2D eigenvalue weighted by atomic mass is 19.1. The lowest BCUT2D eigenvalue weighted by Crippen LogP contribution is -2.40. The molecule has 132 valence electrons. The zero-order valence-electron chi connectivity index (χ0n) is 14.1. The average Bonchev–Trinajstić information content (AvgIpc) is 2.88. The zero-order chi connectivity index (χ0) is 17.5. The molecule has 1 N–H and O–H groups in total. The number of urea groups is 1. The van der Waals surface area contributed by atoms with Gasteiger partial charge in [-0.25, -0.2) is 9.18 Å². The molecule has 0 bridgehead atoms. The molecule has 1 aliphatic rings. The third kappa shape index (κ3) is 5.19. The van der Waals surface area contributed by atoms with Crippen LogP contribution >= 0.6 is 0 Å². The monoisotopic (exact) mass is 337 g/mol. The van der Waals surface area contributed by atoms with Crippen molar-refractivity contribution in [3.05, 3.63) is 30.1 Å². The zero-order valence-corrected chi connectivity index (χ0v) is 14.1. The van der Waals surface area contributed by atoms with Crippen molar-refractivity contribution in [1.82, 2.24) is 10.2 Å². The highest BCUT2D eigenvalue weighted by molar-refractivity contribution is 5.96. The summed E-state index contributed by atoms with van der Waals surface area (Å²) in [4.78, 5) is 27.3. The van der Waals surface area contributed by atoms with Crippen LogP contribution in [0, 0.1) is 5.82 Å². The van der Waals surface area contributed by atoms with Gasteiger partial charge in [-0.2, -0.15) is 0 Å². The molecule has 6 nitrogen and oxygen atoms in total. The Morgan fingerprint density at radius 1 is 1.29 bits per heavy atom.